The van der Waals surface area contributed by atoms with Gasteiger partial charge in [0.15, 0.2) is 0 Å². The maximum atomic E-state index is 4.98. The van der Waals surface area contributed by atoms with E-state index in [1.54, 1.807) is 30.2 Å². The lowest BCUT2D eigenvalue weighted by atomic mass is 10.4. The van der Waals surface area contributed by atoms with Crippen molar-refractivity contribution in [3.05, 3.63) is 40.3 Å². The fraction of sp³-hybridized carbons (Fsp3) is 0.429. The Hall–Kier alpha value is -0.950. The van der Waals surface area contributed by atoms with Crippen LogP contribution in [0.2, 0.25) is 0 Å². The van der Waals surface area contributed by atoms with Gasteiger partial charge in [-0.1, -0.05) is 18.2 Å². The van der Waals surface area contributed by atoms with Gasteiger partial charge in [-0.05, 0) is 12.1 Å². The number of benzene rings is 1. The average Bonchev–Trinajstić information content (AvgIpc) is 2.94. The van der Waals surface area contributed by atoms with E-state index in [0.717, 1.165) is 41.9 Å². The van der Waals surface area contributed by atoms with E-state index in [1.807, 2.05) is 6.07 Å². The van der Waals surface area contributed by atoms with Crippen LogP contribution in [0.25, 0.3) is 0 Å². The molecule has 20 heavy (non-hydrogen) atoms. The van der Waals surface area contributed by atoms with Crippen LogP contribution in [0.3, 0.4) is 0 Å². The molecule has 108 valence electrons. The first-order valence-corrected chi connectivity index (χ1v) is 8.37. The summed E-state index contributed by atoms with van der Waals surface area (Å²) < 4.78 is 4.98. The summed E-state index contributed by atoms with van der Waals surface area (Å²) in [5.41, 5.74) is 0. The maximum Gasteiger partial charge on any atom is 0.127 e. The molecule has 0 saturated heterocycles. The lowest BCUT2D eigenvalue weighted by Gasteiger charge is -2.00. The Morgan fingerprint density at radius 2 is 1.95 bits per heavy atom. The minimum absolute atomic E-state index is 0.745. The number of ether oxygens (including phenoxy) is 1. The average molecular weight is 309 g/mol. The van der Waals surface area contributed by atoms with Crippen LogP contribution in [-0.2, 0) is 16.9 Å². The normalized spacial score (nSPS) is 10.8. The Bertz CT molecular complexity index is 490. The molecule has 1 aromatic carbocycles. The Morgan fingerprint density at radius 1 is 1.15 bits per heavy atom. The quantitative estimate of drug-likeness (QED) is 0.570. The molecule has 0 spiro atoms. The van der Waals surface area contributed by atoms with Crippen molar-refractivity contribution < 1.29 is 4.74 Å². The molecule has 1 heterocycles. The highest BCUT2D eigenvalue weighted by Crippen LogP contribution is 2.23. The molecule has 2 rings (SSSR count). The molecule has 4 nitrogen and oxygen atoms in total. The summed E-state index contributed by atoms with van der Waals surface area (Å²) in [6, 6.07) is 10.4. The van der Waals surface area contributed by atoms with Gasteiger partial charge in [-0.3, -0.25) is 0 Å². The molecule has 0 aliphatic carbocycles. The van der Waals surface area contributed by atoms with Gasteiger partial charge in [0.25, 0.3) is 0 Å². The number of rotatable bonds is 9. The SMILES string of the molecule is COCCNCCc1nnc(CSc2ccccc2)s1. The molecule has 0 unspecified atom stereocenters. The predicted octanol–water partition coefficient (Wildman–Crippen LogP) is 2.61. The van der Waals surface area contributed by atoms with E-state index >= 15 is 0 Å². The van der Waals surface area contributed by atoms with Crippen molar-refractivity contribution in [2.75, 3.05) is 26.8 Å². The van der Waals surface area contributed by atoms with Crippen molar-refractivity contribution in [3.8, 4) is 0 Å². The Labute approximate surface area is 128 Å². The zero-order valence-corrected chi connectivity index (χ0v) is 13.2. The largest absolute Gasteiger partial charge is 0.383 e. The number of nitrogens with one attached hydrogen (secondary N) is 1. The lowest BCUT2D eigenvalue weighted by molar-refractivity contribution is 0.199. The number of aromatic nitrogens is 2. The second-order valence-electron chi connectivity index (χ2n) is 4.18. The lowest BCUT2D eigenvalue weighted by Crippen LogP contribution is -2.21. The molecular weight excluding hydrogens is 290 g/mol. The van der Waals surface area contributed by atoms with Gasteiger partial charge in [-0.25, -0.2) is 0 Å². The van der Waals surface area contributed by atoms with Crippen molar-refractivity contribution >= 4 is 23.1 Å². The van der Waals surface area contributed by atoms with Gasteiger partial charge in [0, 0.05) is 31.5 Å². The van der Waals surface area contributed by atoms with Gasteiger partial charge in [-0.2, -0.15) is 0 Å². The van der Waals surface area contributed by atoms with Gasteiger partial charge in [0.05, 0.1) is 12.4 Å². The molecule has 0 aliphatic heterocycles. The summed E-state index contributed by atoms with van der Waals surface area (Å²) in [6.07, 6.45) is 0.928. The summed E-state index contributed by atoms with van der Waals surface area (Å²) in [5, 5.41) is 14.0. The highest BCUT2D eigenvalue weighted by molar-refractivity contribution is 7.98. The summed E-state index contributed by atoms with van der Waals surface area (Å²) in [5.74, 6) is 0.888. The first-order chi connectivity index (χ1) is 9.88. The molecule has 6 heteroatoms. The molecule has 0 fully saturated rings. The molecule has 1 N–H and O–H groups in total. The molecular formula is C14H19N3OS2. The van der Waals surface area contributed by atoms with Crippen LogP contribution in [0.1, 0.15) is 10.0 Å². The zero-order chi connectivity index (χ0) is 14.0. The summed E-state index contributed by atoms with van der Waals surface area (Å²) >= 11 is 3.50. The van der Waals surface area contributed by atoms with Crippen LogP contribution in [0.4, 0.5) is 0 Å². The fourth-order valence-corrected chi connectivity index (χ4v) is 3.35. The smallest absolute Gasteiger partial charge is 0.127 e. The van der Waals surface area contributed by atoms with Gasteiger partial charge >= 0.3 is 0 Å². The van der Waals surface area contributed by atoms with Crippen LogP contribution in [0.5, 0.6) is 0 Å². The standard InChI is InChI=1S/C14H19N3OS2/c1-18-10-9-15-8-7-13-16-17-14(20-13)11-19-12-5-3-2-4-6-12/h2-6,15H,7-11H2,1H3. The molecule has 0 radical (unpaired) electrons. The van der Waals surface area contributed by atoms with E-state index in [-0.39, 0.29) is 0 Å². The third-order valence-corrected chi connectivity index (χ3v) is 4.80. The van der Waals surface area contributed by atoms with Crippen molar-refractivity contribution in [3.63, 3.8) is 0 Å². The molecule has 0 atom stereocenters. The molecule has 1 aromatic heterocycles. The van der Waals surface area contributed by atoms with E-state index in [9.17, 15) is 0 Å². The van der Waals surface area contributed by atoms with Crippen molar-refractivity contribution in [2.45, 2.75) is 17.1 Å². The second-order valence-corrected chi connectivity index (χ2v) is 6.38. The first kappa shape index (κ1) is 15.4. The van der Waals surface area contributed by atoms with Crippen LogP contribution in [0.15, 0.2) is 35.2 Å². The number of thioether (sulfide) groups is 1. The first-order valence-electron chi connectivity index (χ1n) is 6.57. The van der Waals surface area contributed by atoms with Crippen LogP contribution >= 0.6 is 23.1 Å². The minimum atomic E-state index is 0.745. The highest BCUT2D eigenvalue weighted by atomic mass is 32.2. The maximum absolute atomic E-state index is 4.98. The third-order valence-electron chi connectivity index (χ3n) is 2.61. The molecule has 0 saturated carbocycles. The molecule has 0 amide bonds. The topological polar surface area (TPSA) is 47.0 Å². The van der Waals surface area contributed by atoms with Crippen LogP contribution in [0, 0.1) is 0 Å². The fourth-order valence-electron chi connectivity index (χ4n) is 1.60. The van der Waals surface area contributed by atoms with Crippen LogP contribution in [-0.4, -0.2) is 37.0 Å². The number of nitrogens with zero attached hydrogens (tertiary/aromatic N) is 2. The predicted molar refractivity (Wildman–Crippen MR) is 84.4 cm³/mol. The Morgan fingerprint density at radius 3 is 2.75 bits per heavy atom. The second kappa shape index (κ2) is 9.07. The highest BCUT2D eigenvalue weighted by Gasteiger charge is 2.04. The van der Waals surface area contributed by atoms with E-state index in [0.29, 0.717) is 0 Å². The van der Waals surface area contributed by atoms with Crippen molar-refractivity contribution in [2.24, 2.45) is 0 Å². The number of methoxy groups -OCH3 is 1. The van der Waals surface area contributed by atoms with E-state index in [2.05, 4.69) is 39.8 Å². The van der Waals surface area contributed by atoms with Crippen molar-refractivity contribution in [1.29, 1.82) is 0 Å². The Kier molecular flexibility index (Phi) is 7.00. The molecule has 0 bridgehead atoms. The van der Waals surface area contributed by atoms with E-state index < -0.39 is 0 Å². The zero-order valence-electron chi connectivity index (χ0n) is 11.5. The van der Waals surface area contributed by atoms with E-state index in [1.165, 1.54) is 4.90 Å². The summed E-state index contributed by atoms with van der Waals surface area (Å²) in [7, 11) is 1.71. The monoisotopic (exact) mass is 309 g/mol. The van der Waals surface area contributed by atoms with Crippen LogP contribution < -0.4 is 5.32 Å². The third kappa shape index (κ3) is 5.58. The van der Waals surface area contributed by atoms with E-state index in [4.69, 9.17) is 4.74 Å². The number of hydrogen-bond donors (Lipinski definition) is 1. The van der Waals surface area contributed by atoms with Crippen molar-refractivity contribution in [1.82, 2.24) is 15.5 Å². The van der Waals surface area contributed by atoms with Gasteiger partial charge in [0.1, 0.15) is 10.0 Å². The number of hydrogen-bond acceptors (Lipinski definition) is 6. The molecule has 2 aromatic rings. The summed E-state index contributed by atoms with van der Waals surface area (Å²) in [6.45, 7) is 2.55. The molecule has 0 aliphatic rings. The van der Waals surface area contributed by atoms with Gasteiger partial charge < -0.3 is 10.1 Å². The van der Waals surface area contributed by atoms with Gasteiger partial charge in [-0.15, -0.1) is 33.3 Å². The summed E-state index contributed by atoms with van der Waals surface area (Å²) in [4.78, 5) is 1.27. The minimum Gasteiger partial charge on any atom is -0.383 e. The van der Waals surface area contributed by atoms with Gasteiger partial charge in [0.2, 0.25) is 0 Å². The Balaban J connectivity index is 1.69.